The largest absolute Gasteiger partial charge is 0.325 e. The lowest BCUT2D eigenvalue weighted by atomic mass is 10.0. The Labute approximate surface area is 113 Å². The van der Waals surface area contributed by atoms with Crippen molar-refractivity contribution in [3.05, 3.63) is 29.7 Å². The van der Waals surface area contributed by atoms with E-state index in [4.69, 9.17) is 5.73 Å². The Morgan fingerprint density at radius 3 is 3.00 bits per heavy atom. The minimum Gasteiger partial charge on any atom is -0.325 e. The van der Waals surface area contributed by atoms with Gasteiger partial charge in [0, 0.05) is 12.2 Å². The van der Waals surface area contributed by atoms with E-state index in [2.05, 4.69) is 32.5 Å². The third-order valence-corrected chi connectivity index (χ3v) is 4.06. The van der Waals surface area contributed by atoms with Crippen molar-refractivity contribution in [1.29, 1.82) is 0 Å². The number of aromatic nitrogens is 3. The topological polar surface area (TPSA) is 59.5 Å². The van der Waals surface area contributed by atoms with E-state index in [9.17, 15) is 0 Å². The van der Waals surface area contributed by atoms with E-state index in [0.29, 0.717) is 12.6 Å². The maximum absolute atomic E-state index is 5.85. The first kappa shape index (κ1) is 12.6. The fourth-order valence-corrected chi connectivity index (χ4v) is 3.07. The number of piperidine rings is 1. The van der Waals surface area contributed by atoms with Gasteiger partial charge in [0.25, 0.3) is 0 Å². The van der Waals surface area contributed by atoms with Crippen LogP contribution < -0.4 is 5.73 Å². The van der Waals surface area contributed by atoms with Crippen molar-refractivity contribution in [3.8, 4) is 0 Å². The molecule has 5 nitrogen and oxygen atoms in total. The number of fused-ring (bicyclic) bond motifs is 1. The monoisotopic (exact) mass is 259 g/mol. The maximum Gasteiger partial charge on any atom is 0.161 e. The average molecular weight is 259 g/mol. The van der Waals surface area contributed by atoms with Crippen molar-refractivity contribution in [3.63, 3.8) is 0 Å². The van der Waals surface area contributed by atoms with Crippen LogP contribution in [0.5, 0.6) is 0 Å². The van der Waals surface area contributed by atoms with Crippen molar-refractivity contribution in [2.24, 2.45) is 5.73 Å². The maximum atomic E-state index is 5.85. The third-order valence-electron chi connectivity index (χ3n) is 4.06. The van der Waals surface area contributed by atoms with E-state index < -0.39 is 0 Å². The fraction of sp³-hybridized carbons (Fsp3) is 0.571. The van der Waals surface area contributed by atoms with E-state index in [1.165, 1.54) is 12.8 Å². The number of rotatable bonds is 3. The summed E-state index contributed by atoms with van der Waals surface area (Å²) in [4.78, 5) is 2.49. The number of nitrogens with two attached hydrogens (primary N) is 1. The van der Waals surface area contributed by atoms with Gasteiger partial charge >= 0.3 is 0 Å². The number of nitrogens with zero attached hydrogens (tertiary/aromatic N) is 4. The summed E-state index contributed by atoms with van der Waals surface area (Å²) >= 11 is 0. The molecule has 2 N–H and O–H groups in total. The standard InChI is InChI=1S/C14H21N5/c1-2-18-9-4-3-7-12(18)14-17-16-13-8-5-6-11(10-15)19(13)14/h5-6,8,12H,2-4,7,9-10,15H2,1H3. The van der Waals surface area contributed by atoms with E-state index in [-0.39, 0.29) is 0 Å². The highest BCUT2D eigenvalue weighted by Crippen LogP contribution is 2.30. The molecule has 2 aromatic rings. The number of hydrogen-bond acceptors (Lipinski definition) is 4. The highest BCUT2D eigenvalue weighted by Gasteiger charge is 2.27. The quantitative estimate of drug-likeness (QED) is 0.912. The first-order chi connectivity index (χ1) is 9.35. The lowest BCUT2D eigenvalue weighted by molar-refractivity contribution is 0.149. The molecule has 0 bridgehead atoms. The van der Waals surface area contributed by atoms with Crippen LogP contribution in [0.4, 0.5) is 0 Å². The Hall–Kier alpha value is -1.46. The molecule has 0 aromatic carbocycles. The second-order valence-electron chi connectivity index (χ2n) is 5.11. The highest BCUT2D eigenvalue weighted by molar-refractivity contribution is 5.40. The number of hydrogen-bond donors (Lipinski definition) is 1. The summed E-state index contributed by atoms with van der Waals surface area (Å²) in [6.07, 6.45) is 3.71. The summed E-state index contributed by atoms with van der Waals surface area (Å²) in [6.45, 7) is 4.94. The molecule has 0 saturated carbocycles. The molecule has 0 aliphatic carbocycles. The van der Waals surface area contributed by atoms with Crippen molar-refractivity contribution in [1.82, 2.24) is 19.5 Å². The molecule has 3 rings (SSSR count). The van der Waals surface area contributed by atoms with Crippen molar-refractivity contribution in [2.45, 2.75) is 38.8 Å². The lowest BCUT2D eigenvalue weighted by Gasteiger charge is -2.33. The van der Waals surface area contributed by atoms with Gasteiger partial charge in [0.2, 0.25) is 0 Å². The molecule has 19 heavy (non-hydrogen) atoms. The average Bonchev–Trinajstić information content (AvgIpc) is 2.91. The van der Waals surface area contributed by atoms with Gasteiger partial charge in [-0.15, -0.1) is 10.2 Å². The summed E-state index contributed by atoms with van der Waals surface area (Å²) in [5, 5.41) is 8.74. The molecule has 0 radical (unpaired) electrons. The molecule has 1 unspecified atom stereocenters. The first-order valence-electron chi connectivity index (χ1n) is 7.12. The third kappa shape index (κ3) is 2.13. The van der Waals surface area contributed by atoms with Crippen LogP contribution in [0.2, 0.25) is 0 Å². The molecule has 1 fully saturated rings. The van der Waals surface area contributed by atoms with Crippen LogP contribution in [0.3, 0.4) is 0 Å². The van der Waals surface area contributed by atoms with Gasteiger partial charge in [-0.1, -0.05) is 19.4 Å². The predicted octanol–water partition coefficient (Wildman–Crippen LogP) is 1.73. The lowest BCUT2D eigenvalue weighted by Crippen LogP contribution is -2.34. The van der Waals surface area contributed by atoms with Crippen LogP contribution in [0.25, 0.3) is 5.65 Å². The van der Waals surface area contributed by atoms with Gasteiger partial charge in [-0.2, -0.15) is 0 Å². The Morgan fingerprint density at radius 1 is 1.32 bits per heavy atom. The molecule has 1 aliphatic heterocycles. The van der Waals surface area contributed by atoms with Crippen LogP contribution >= 0.6 is 0 Å². The molecule has 102 valence electrons. The van der Waals surface area contributed by atoms with Crippen LogP contribution in [0.1, 0.15) is 43.7 Å². The van der Waals surface area contributed by atoms with Crippen LogP contribution in [-0.2, 0) is 6.54 Å². The summed E-state index contributed by atoms with van der Waals surface area (Å²) in [6, 6.07) is 6.42. The van der Waals surface area contributed by atoms with E-state index >= 15 is 0 Å². The Morgan fingerprint density at radius 2 is 2.21 bits per heavy atom. The van der Waals surface area contributed by atoms with E-state index in [0.717, 1.165) is 36.7 Å². The molecule has 0 spiro atoms. The Balaban J connectivity index is 2.08. The SMILES string of the molecule is CCN1CCCCC1c1nnc2cccc(CN)n12. The molecular weight excluding hydrogens is 238 g/mol. The smallest absolute Gasteiger partial charge is 0.161 e. The zero-order valence-corrected chi connectivity index (χ0v) is 11.4. The Kier molecular flexibility index (Phi) is 3.48. The van der Waals surface area contributed by atoms with Gasteiger partial charge in [0.1, 0.15) is 0 Å². The molecule has 0 amide bonds. The van der Waals surface area contributed by atoms with Crippen LogP contribution in [0, 0.1) is 0 Å². The normalized spacial score (nSPS) is 21.1. The molecule has 1 saturated heterocycles. The minimum absolute atomic E-state index is 0.376. The predicted molar refractivity (Wildman–Crippen MR) is 74.7 cm³/mol. The van der Waals surface area contributed by atoms with Crippen molar-refractivity contribution in [2.75, 3.05) is 13.1 Å². The van der Waals surface area contributed by atoms with Gasteiger partial charge in [-0.25, -0.2) is 0 Å². The molecule has 5 heteroatoms. The molecular formula is C14H21N5. The molecule has 1 atom stereocenters. The minimum atomic E-state index is 0.376. The fourth-order valence-electron chi connectivity index (χ4n) is 3.07. The van der Waals surface area contributed by atoms with Crippen LogP contribution in [-0.4, -0.2) is 32.6 Å². The summed E-state index contributed by atoms with van der Waals surface area (Å²) in [5.41, 5.74) is 7.84. The second-order valence-corrected chi connectivity index (χ2v) is 5.11. The molecule has 3 heterocycles. The first-order valence-corrected chi connectivity index (χ1v) is 7.12. The number of likely N-dealkylation sites (tertiary alicyclic amines) is 1. The zero-order chi connectivity index (χ0) is 13.2. The summed E-state index contributed by atoms with van der Waals surface area (Å²) in [5.74, 6) is 1.05. The summed E-state index contributed by atoms with van der Waals surface area (Å²) < 4.78 is 2.14. The zero-order valence-electron chi connectivity index (χ0n) is 11.4. The van der Waals surface area contributed by atoms with Gasteiger partial charge in [-0.3, -0.25) is 9.30 Å². The van der Waals surface area contributed by atoms with Crippen LogP contribution in [0.15, 0.2) is 18.2 Å². The van der Waals surface area contributed by atoms with Gasteiger partial charge in [-0.05, 0) is 38.1 Å². The second kappa shape index (κ2) is 5.27. The van der Waals surface area contributed by atoms with Gasteiger partial charge in [0.15, 0.2) is 11.5 Å². The highest BCUT2D eigenvalue weighted by atomic mass is 15.3. The van der Waals surface area contributed by atoms with Gasteiger partial charge < -0.3 is 5.73 Å². The van der Waals surface area contributed by atoms with E-state index in [1.54, 1.807) is 0 Å². The molecule has 2 aromatic heterocycles. The Bertz CT molecular complexity index is 562. The summed E-state index contributed by atoms with van der Waals surface area (Å²) in [7, 11) is 0. The molecule has 1 aliphatic rings. The van der Waals surface area contributed by atoms with E-state index in [1.807, 2.05) is 12.1 Å². The van der Waals surface area contributed by atoms with Crippen molar-refractivity contribution < 1.29 is 0 Å². The van der Waals surface area contributed by atoms with Crippen molar-refractivity contribution >= 4 is 5.65 Å². The van der Waals surface area contributed by atoms with Gasteiger partial charge in [0.05, 0.1) is 6.04 Å². The number of pyridine rings is 1.